The van der Waals surface area contributed by atoms with Gasteiger partial charge in [0, 0.05) is 12.1 Å². The Balaban J connectivity index is 2.00. The molecule has 0 aromatic heterocycles. The maximum Gasteiger partial charge on any atom is 0.331 e. The fourth-order valence-electron chi connectivity index (χ4n) is 2.16. The number of esters is 1. The topological polar surface area (TPSA) is 73.9 Å². The van der Waals surface area contributed by atoms with E-state index in [1.165, 1.54) is 13.2 Å². The number of halogens is 1. The van der Waals surface area contributed by atoms with Gasteiger partial charge in [-0.3, -0.25) is 4.79 Å². The van der Waals surface area contributed by atoms with Gasteiger partial charge in [0.25, 0.3) is 5.91 Å². The first kappa shape index (κ1) is 20.1. The number of carbonyl (C=O) groups is 2. The van der Waals surface area contributed by atoms with E-state index in [-0.39, 0.29) is 18.1 Å². The van der Waals surface area contributed by atoms with E-state index in [1.54, 1.807) is 25.1 Å². The van der Waals surface area contributed by atoms with Crippen LogP contribution in [0.2, 0.25) is 5.02 Å². The lowest BCUT2D eigenvalue weighted by Crippen LogP contribution is -2.36. The molecule has 1 amide bonds. The number of nitrogens with one attached hydrogen (secondary N) is 1. The van der Waals surface area contributed by atoms with Gasteiger partial charge < -0.3 is 19.5 Å². The van der Waals surface area contributed by atoms with Crippen molar-refractivity contribution in [1.82, 2.24) is 5.32 Å². The van der Waals surface area contributed by atoms with E-state index in [9.17, 15) is 9.59 Å². The van der Waals surface area contributed by atoms with Crippen LogP contribution in [0.1, 0.15) is 39.2 Å². The molecule has 0 spiro atoms. The average molecular weight is 382 g/mol. The molecule has 0 aliphatic heterocycles. The van der Waals surface area contributed by atoms with Gasteiger partial charge in [-0.25, -0.2) is 4.79 Å². The Morgan fingerprint density at radius 3 is 2.54 bits per heavy atom. The highest BCUT2D eigenvalue weighted by Gasteiger charge is 2.26. The second-order valence-electron chi connectivity index (χ2n) is 6.40. The molecule has 1 fully saturated rings. The molecule has 1 N–H and O–H groups in total. The van der Waals surface area contributed by atoms with E-state index in [1.807, 2.05) is 13.8 Å². The van der Waals surface area contributed by atoms with E-state index in [0.29, 0.717) is 22.1 Å². The maximum absolute atomic E-state index is 11.9. The Labute approximate surface area is 158 Å². The highest BCUT2D eigenvalue weighted by Crippen LogP contribution is 2.37. The van der Waals surface area contributed by atoms with Crippen molar-refractivity contribution in [2.75, 3.05) is 7.11 Å². The number of hydrogen-bond acceptors (Lipinski definition) is 5. The SMILES string of the molecule is COc1cc(/C=C/C(=O)O[C@H](C)C(=O)NC2CC2)cc(Cl)c1OC(C)C. The molecule has 1 atom stereocenters. The normalized spacial score (nSPS) is 15.0. The zero-order valence-electron chi connectivity index (χ0n) is 15.4. The van der Waals surface area contributed by atoms with E-state index in [0.717, 1.165) is 12.8 Å². The minimum Gasteiger partial charge on any atom is -0.493 e. The Bertz CT molecular complexity index is 697. The van der Waals surface area contributed by atoms with Crippen LogP contribution >= 0.6 is 11.6 Å². The Kier molecular flexibility index (Phi) is 6.91. The monoisotopic (exact) mass is 381 g/mol. The first-order valence-electron chi connectivity index (χ1n) is 8.53. The maximum atomic E-state index is 11.9. The number of amides is 1. The van der Waals surface area contributed by atoms with Crippen LogP contribution in [0, 0.1) is 0 Å². The second kappa shape index (κ2) is 8.94. The molecule has 142 valence electrons. The summed E-state index contributed by atoms with van der Waals surface area (Å²) in [5.41, 5.74) is 0.648. The number of methoxy groups -OCH3 is 1. The van der Waals surface area contributed by atoms with Gasteiger partial charge in [-0.05, 0) is 57.4 Å². The fraction of sp³-hybridized carbons (Fsp3) is 0.474. The molecule has 6 nitrogen and oxygen atoms in total. The van der Waals surface area contributed by atoms with Crippen molar-refractivity contribution in [3.8, 4) is 11.5 Å². The van der Waals surface area contributed by atoms with E-state index < -0.39 is 12.1 Å². The van der Waals surface area contributed by atoms with Crippen molar-refractivity contribution < 1.29 is 23.8 Å². The lowest BCUT2D eigenvalue weighted by molar-refractivity contribution is -0.150. The van der Waals surface area contributed by atoms with Crippen LogP contribution in [0.3, 0.4) is 0 Å². The third-order valence-electron chi connectivity index (χ3n) is 3.60. The summed E-state index contributed by atoms with van der Waals surface area (Å²) in [6.45, 7) is 5.32. The molecule has 0 radical (unpaired) electrons. The van der Waals surface area contributed by atoms with Gasteiger partial charge in [0.15, 0.2) is 17.6 Å². The highest BCUT2D eigenvalue weighted by molar-refractivity contribution is 6.32. The number of ether oxygens (including phenoxy) is 3. The van der Waals surface area contributed by atoms with Gasteiger partial charge in [0.2, 0.25) is 0 Å². The molecular formula is C19H24ClNO5. The van der Waals surface area contributed by atoms with Crippen molar-refractivity contribution in [2.45, 2.75) is 51.9 Å². The van der Waals surface area contributed by atoms with Gasteiger partial charge in [-0.1, -0.05) is 11.6 Å². The molecule has 1 aliphatic carbocycles. The Morgan fingerprint density at radius 1 is 1.27 bits per heavy atom. The van der Waals surface area contributed by atoms with Crippen LogP contribution in [0.15, 0.2) is 18.2 Å². The summed E-state index contributed by atoms with van der Waals surface area (Å²) in [5.74, 6) is 0.0286. The van der Waals surface area contributed by atoms with E-state index in [2.05, 4.69) is 5.32 Å². The summed E-state index contributed by atoms with van der Waals surface area (Å²) in [5, 5.41) is 3.17. The largest absolute Gasteiger partial charge is 0.493 e. The van der Waals surface area contributed by atoms with Gasteiger partial charge in [-0.2, -0.15) is 0 Å². The lowest BCUT2D eigenvalue weighted by atomic mass is 10.2. The predicted octanol–water partition coefficient (Wildman–Crippen LogP) is 3.36. The minimum absolute atomic E-state index is 0.0546. The van der Waals surface area contributed by atoms with Crippen LogP contribution in [-0.2, 0) is 14.3 Å². The quantitative estimate of drug-likeness (QED) is 0.552. The van der Waals surface area contributed by atoms with E-state index >= 15 is 0 Å². The number of carbonyl (C=O) groups excluding carboxylic acids is 2. The summed E-state index contributed by atoms with van der Waals surface area (Å²) < 4.78 is 16.0. The lowest BCUT2D eigenvalue weighted by Gasteiger charge is -2.15. The summed E-state index contributed by atoms with van der Waals surface area (Å²) >= 11 is 6.24. The first-order valence-corrected chi connectivity index (χ1v) is 8.91. The summed E-state index contributed by atoms with van der Waals surface area (Å²) in [6.07, 6.45) is 3.85. The predicted molar refractivity (Wildman–Crippen MR) is 99.5 cm³/mol. The molecule has 7 heteroatoms. The molecule has 1 saturated carbocycles. The van der Waals surface area contributed by atoms with Crippen molar-refractivity contribution in [2.24, 2.45) is 0 Å². The summed E-state index contributed by atoms with van der Waals surface area (Å²) in [7, 11) is 1.51. The molecule has 0 saturated heterocycles. The van der Waals surface area contributed by atoms with Crippen LogP contribution in [0.25, 0.3) is 6.08 Å². The third kappa shape index (κ3) is 5.95. The van der Waals surface area contributed by atoms with Crippen molar-refractivity contribution in [3.63, 3.8) is 0 Å². The summed E-state index contributed by atoms with van der Waals surface area (Å²) in [4.78, 5) is 23.7. The standard InChI is InChI=1S/C19H24ClNO5/c1-11(2)25-18-15(20)9-13(10-16(18)24-4)5-8-17(22)26-12(3)19(23)21-14-6-7-14/h5,8-12,14H,6-7H2,1-4H3,(H,21,23)/b8-5+/t12-/m1/s1. The second-order valence-corrected chi connectivity index (χ2v) is 6.80. The Morgan fingerprint density at radius 2 is 1.96 bits per heavy atom. The average Bonchev–Trinajstić information content (AvgIpc) is 3.38. The molecule has 0 unspecified atom stereocenters. The molecule has 1 aliphatic rings. The van der Waals surface area contributed by atoms with Gasteiger partial charge >= 0.3 is 5.97 Å². The number of hydrogen-bond donors (Lipinski definition) is 1. The number of benzene rings is 1. The summed E-state index contributed by atoms with van der Waals surface area (Å²) in [6, 6.07) is 3.59. The molecule has 26 heavy (non-hydrogen) atoms. The van der Waals surface area contributed by atoms with Crippen molar-refractivity contribution >= 4 is 29.6 Å². The molecule has 2 rings (SSSR count). The van der Waals surface area contributed by atoms with Gasteiger partial charge in [0.1, 0.15) is 0 Å². The molecular weight excluding hydrogens is 358 g/mol. The molecule has 1 aromatic carbocycles. The van der Waals surface area contributed by atoms with Crippen LogP contribution in [0.4, 0.5) is 0 Å². The minimum atomic E-state index is -0.840. The fourth-order valence-corrected chi connectivity index (χ4v) is 2.43. The first-order chi connectivity index (χ1) is 12.3. The van der Waals surface area contributed by atoms with Crippen LogP contribution in [-0.4, -0.2) is 37.2 Å². The van der Waals surface area contributed by atoms with Gasteiger partial charge in [0.05, 0.1) is 18.2 Å². The zero-order chi connectivity index (χ0) is 19.3. The van der Waals surface area contributed by atoms with Crippen molar-refractivity contribution in [1.29, 1.82) is 0 Å². The number of rotatable bonds is 8. The van der Waals surface area contributed by atoms with E-state index in [4.69, 9.17) is 25.8 Å². The molecule has 0 heterocycles. The zero-order valence-corrected chi connectivity index (χ0v) is 16.1. The van der Waals surface area contributed by atoms with Crippen LogP contribution < -0.4 is 14.8 Å². The Hall–Kier alpha value is -2.21. The smallest absolute Gasteiger partial charge is 0.331 e. The van der Waals surface area contributed by atoms with Crippen molar-refractivity contribution in [3.05, 3.63) is 28.8 Å². The van der Waals surface area contributed by atoms with Gasteiger partial charge in [-0.15, -0.1) is 0 Å². The highest BCUT2D eigenvalue weighted by atomic mass is 35.5. The molecule has 1 aromatic rings. The third-order valence-corrected chi connectivity index (χ3v) is 3.88. The van der Waals surface area contributed by atoms with Crippen LogP contribution in [0.5, 0.6) is 11.5 Å². The molecule has 0 bridgehead atoms.